The van der Waals surface area contributed by atoms with E-state index in [0.717, 1.165) is 0 Å². The number of hydrogen-bond acceptors (Lipinski definition) is 2. The van der Waals surface area contributed by atoms with Crippen LogP contribution >= 0.6 is 22.6 Å². The molecule has 0 aliphatic carbocycles. The number of carboxylic acid groups (broad SMARTS) is 1. The number of hydrogen-bond donors (Lipinski definition) is 3. The number of carbonyl (C=O) groups excluding carboxylic acids is 1. The summed E-state index contributed by atoms with van der Waals surface area (Å²) in [5.74, 6) is -1.37. The van der Waals surface area contributed by atoms with E-state index < -0.39 is 12.0 Å². The van der Waals surface area contributed by atoms with E-state index >= 15 is 0 Å². The number of urea groups is 1. The van der Waals surface area contributed by atoms with Crippen LogP contribution < -0.4 is 10.6 Å². The van der Waals surface area contributed by atoms with Gasteiger partial charge in [0.05, 0.1) is 12.1 Å². The van der Waals surface area contributed by atoms with Gasteiger partial charge in [-0.05, 0) is 40.8 Å². The number of rotatable bonds is 4. The number of nitrogens with one attached hydrogen (secondary N) is 2. The molecule has 92 valence electrons. The lowest BCUT2D eigenvalue weighted by Crippen LogP contribution is -2.30. The van der Waals surface area contributed by atoms with Crippen LogP contribution in [0.1, 0.15) is 6.42 Å². The van der Waals surface area contributed by atoms with E-state index in [0.29, 0.717) is 9.26 Å². The van der Waals surface area contributed by atoms with Gasteiger partial charge in [-0.2, -0.15) is 0 Å². The maximum Gasteiger partial charge on any atom is 0.319 e. The first-order valence-electron chi connectivity index (χ1n) is 4.70. The van der Waals surface area contributed by atoms with Crippen LogP contribution in [0, 0.1) is 9.39 Å². The average Bonchev–Trinajstić information content (AvgIpc) is 2.21. The lowest BCUT2D eigenvalue weighted by molar-refractivity contribution is -0.136. The number of anilines is 1. The van der Waals surface area contributed by atoms with Crippen LogP contribution in [0.5, 0.6) is 0 Å². The topological polar surface area (TPSA) is 78.4 Å². The van der Waals surface area contributed by atoms with Gasteiger partial charge in [-0.3, -0.25) is 4.79 Å². The second-order valence-electron chi connectivity index (χ2n) is 3.15. The standard InChI is InChI=1S/C10H10FIN2O3/c11-6-1-2-8(7(12)5-6)14-10(17)13-4-3-9(15)16/h1-2,5H,3-4H2,(H,15,16)(H2,13,14,17). The molecule has 0 unspecified atom stereocenters. The van der Waals surface area contributed by atoms with Crippen molar-refractivity contribution in [2.75, 3.05) is 11.9 Å². The first kappa shape index (κ1) is 13.7. The molecule has 0 aliphatic rings. The summed E-state index contributed by atoms with van der Waals surface area (Å²) in [6.45, 7) is 0.0406. The van der Waals surface area contributed by atoms with Crippen molar-refractivity contribution in [2.24, 2.45) is 0 Å². The average molecular weight is 352 g/mol. The second kappa shape index (κ2) is 6.38. The molecule has 1 rings (SSSR count). The molecule has 0 radical (unpaired) electrons. The Kier molecular flexibility index (Phi) is 5.13. The van der Waals surface area contributed by atoms with Gasteiger partial charge in [0.2, 0.25) is 0 Å². The van der Waals surface area contributed by atoms with E-state index in [2.05, 4.69) is 10.6 Å². The minimum absolute atomic E-state index is 0.0406. The molecule has 0 bridgehead atoms. The Morgan fingerprint density at radius 1 is 1.41 bits per heavy atom. The summed E-state index contributed by atoms with van der Waals surface area (Å²) in [4.78, 5) is 21.5. The highest BCUT2D eigenvalue weighted by Crippen LogP contribution is 2.18. The summed E-state index contributed by atoms with van der Waals surface area (Å²) in [5.41, 5.74) is 0.472. The summed E-state index contributed by atoms with van der Waals surface area (Å²) in [6, 6.07) is 3.44. The molecule has 0 spiro atoms. The molecule has 7 heteroatoms. The van der Waals surface area contributed by atoms with Gasteiger partial charge in [-0.25, -0.2) is 9.18 Å². The Hall–Kier alpha value is -1.38. The molecule has 0 atom stereocenters. The van der Waals surface area contributed by atoms with E-state index in [4.69, 9.17) is 5.11 Å². The monoisotopic (exact) mass is 352 g/mol. The SMILES string of the molecule is O=C(O)CCNC(=O)Nc1ccc(F)cc1I. The molecule has 0 aliphatic heterocycles. The van der Waals surface area contributed by atoms with Crippen molar-refractivity contribution in [1.82, 2.24) is 5.32 Å². The molecular weight excluding hydrogens is 342 g/mol. The maximum absolute atomic E-state index is 12.8. The molecule has 0 saturated heterocycles. The molecular formula is C10H10FIN2O3. The number of halogens is 2. The molecule has 3 N–H and O–H groups in total. The second-order valence-corrected chi connectivity index (χ2v) is 4.31. The molecule has 2 amide bonds. The van der Waals surface area contributed by atoms with E-state index in [-0.39, 0.29) is 18.8 Å². The zero-order chi connectivity index (χ0) is 12.8. The van der Waals surface area contributed by atoms with Crippen molar-refractivity contribution < 1.29 is 19.1 Å². The molecule has 5 nitrogen and oxygen atoms in total. The molecule has 0 fully saturated rings. The van der Waals surface area contributed by atoms with E-state index in [1.165, 1.54) is 18.2 Å². The molecule has 1 aromatic carbocycles. The third kappa shape index (κ3) is 4.98. The summed E-state index contributed by atoms with van der Waals surface area (Å²) in [5, 5.41) is 13.2. The number of carbonyl (C=O) groups is 2. The molecule has 0 heterocycles. The van der Waals surface area contributed by atoms with Gasteiger partial charge >= 0.3 is 12.0 Å². The number of amides is 2. The van der Waals surface area contributed by atoms with Crippen LogP contribution in [-0.4, -0.2) is 23.7 Å². The van der Waals surface area contributed by atoms with Crippen molar-refractivity contribution in [2.45, 2.75) is 6.42 Å². The van der Waals surface area contributed by atoms with Crippen molar-refractivity contribution in [3.8, 4) is 0 Å². The van der Waals surface area contributed by atoms with Crippen molar-refractivity contribution in [3.63, 3.8) is 0 Å². The highest BCUT2D eigenvalue weighted by atomic mass is 127. The fourth-order valence-corrected chi connectivity index (χ4v) is 1.65. The van der Waals surface area contributed by atoms with E-state index in [1.54, 1.807) is 0 Å². The highest BCUT2D eigenvalue weighted by Gasteiger charge is 2.06. The zero-order valence-electron chi connectivity index (χ0n) is 8.67. The van der Waals surface area contributed by atoms with Crippen LogP contribution in [0.25, 0.3) is 0 Å². The summed E-state index contributed by atoms with van der Waals surface area (Å²) in [7, 11) is 0. The van der Waals surface area contributed by atoms with Gasteiger partial charge in [0.1, 0.15) is 5.82 Å². The Morgan fingerprint density at radius 2 is 2.12 bits per heavy atom. The van der Waals surface area contributed by atoms with Gasteiger partial charge < -0.3 is 15.7 Å². The highest BCUT2D eigenvalue weighted by molar-refractivity contribution is 14.1. The predicted molar refractivity (Wildman–Crippen MR) is 68.4 cm³/mol. The zero-order valence-corrected chi connectivity index (χ0v) is 10.8. The van der Waals surface area contributed by atoms with Crippen LogP contribution in [0.4, 0.5) is 14.9 Å². The van der Waals surface area contributed by atoms with Crippen LogP contribution in [0.3, 0.4) is 0 Å². The van der Waals surface area contributed by atoms with Gasteiger partial charge in [0.15, 0.2) is 0 Å². The largest absolute Gasteiger partial charge is 0.481 e. The lowest BCUT2D eigenvalue weighted by atomic mass is 10.3. The predicted octanol–water partition coefficient (Wildman–Crippen LogP) is 2.03. The van der Waals surface area contributed by atoms with Gasteiger partial charge in [-0.1, -0.05) is 0 Å². The summed E-state index contributed by atoms with van der Waals surface area (Å²) >= 11 is 1.89. The van der Waals surface area contributed by atoms with Gasteiger partial charge in [0, 0.05) is 10.1 Å². The molecule has 1 aromatic rings. The van der Waals surface area contributed by atoms with Crippen LogP contribution in [-0.2, 0) is 4.79 Å². The quantitative estimate of drug-likeness (QED) is 0.726. The van der Waals surface area contributed by atoms with E-state index in [9.17, 15) is 14.0 Å². The summed E-state index contributed by atoms with van der Waals surface area (Å²) in [6.07, 6.45) is -0.145. The Labute approximate surface area is 111 Å². The fourth-order valence-electron chi connectivity index (χ4n) is 1.04. The van der Waals surface area contributed by atoms with Gasteiger partial charge in [-0.15, -0.1) is 0 Å². The fraction of sp³-hybridized carbons (Fsp3) is 0.200. The van der Waals surface area contributed by atoms with Gasteiger partial charge in [0.25, 0.3) is 0 Å². The third-order valence-electron chi connectivity index (χ3n) is 1.80. The van der Waals surface area contributed by atoms with Crippen molar-refractivity contribution in [3.05, 3.63) is 27.6 Å². The molecule has 17 heavy (non-hydrogen) atoms. The molecule has 0 aromatic heterocycles. The molecule has 0 saturated carbocycles. The summed E-state index contributed by atoms with van der Waals surface area (Å²) < 4.78 is 13.3. The Balaban J connectivity index is 2.48. The van der Waals surface area contributed by atoms with Crippen molar-refractivity contribution in [1.29, 1.82) is 0 Å². The van der Waals surface area contributed by atoms with Crippen LogP contribution in [0.15, 0.2) is 18.2 Å². The maximum atomic E-state index is 12.8. The third-order valence-corrected chi connectivity index (χ3v) is 2.70. The smallest absolute Gasteiger partial charge is 0.319 e. The Morgan fingerprint density at radius 3 is 2.71 bits per heavy atom. The first-order chi connectivity index (χ1) is 7.99. The van der Waals surface area contributed by atoms with Crippen LogP contribution in [0.2, 0.25) is 0 Å². The number of aliphatic carboxylic acids is 1. The normalized spacial score (nSPS) is 9.76. The van der Waals surface area contributed by atoms with E-state index in [1.807, 2.05) is 22.6 Å². The minimum Gasteiger partial charge on any atom is -0.481 e. The lowest BCUT2D eigenvalue weighted by Gasteiger charge is -2.08. The van der Waals surface area contributed by atoms with Crippen molar-refractivity contribution >= 4 is 40.3 Å². The Bertz CT molecular complexity index is 440. The number of benzene rings is 1. The minimum atomic E-state index is -0.985. The number of carboxylic acids is 1. The first-order valence-corrected chi connectivity index (χ1v) is 5.78.